The number of amides is 1. The zero-order chi connectivity index (χ0) is 9.68. The fourth-order valence-electron chi connectivity index (χ4n) is 0.929. The van der Waals surface area contributed by atoms with Gasteiger partial charge in [-0.05, 0) is 0 Å². The molecule has 3 heteroatoms. The summed E-state index contributed by atoms with van der Waals surface area (Å²) in [5.74, 6) is 0.451. The molecule has 2 N–H and O–H groups in total. The molecule has 1 aliphatic heterocycles. The maximum absolute atomic E-state index is 11.3. The van der Waals surface area contributed by atoms with Crippen LogP contribution in [0.2, 0.25) is 0 Å². The van der Waals surface area contributed by atoms with Crippen molar-refractivity contribution in [3.8, 4) is 0 Å². The molecule has 0 aromatic carbocycles. The molecule has 13 heavy (non-hydrogen) atoms. The summed E-state index contributed by atoms with van der Waals surface area (Å²) in [5.41, 5.74) is 0.686. The number of hydrogen-bond acceptors (Lipinski definition) is 2. The summed E-state index contributed by atoms with van der Waals surface area (Å²) < 4.78 is 0. The van der Waals surface area contributed by atoms with Gasteiger partial charge in [0.25, 0.3) is 5.91 Å². The van der Waals surface area contributed by atoms with E-state index in [1.807, 2.05) is 0 Å². The van der Waals surface area contributed by atoms with Gasteiger partial charge in [0, 0.05) is 12.1 Å². The highest BCUT2D eigenvalue weighted by atomic mass is 16.2. The van der Waals surface area contributed by atoms with Gasteiger partial charge in [0.1, 0.15) is 0 Å². The standard InChI is InChI=1S/C10H12N2O/c1-3-4-5-6-9-7-11-8(2)12-10(9)13/h3-6,11H,1-2,7H2,(H,12,13)/b5-4-,9-6+. The van der Waals surface area contributed by atoms with E-state index in [1.54, 1.807) is 24.3 Å². The molecular weight excluding hydrogens is 164 g/mol. The molecule has 1 aliphatic rings. The largest absolute Gasteiger partial charge is 0.368 e. The van der Waals surface area contributed by atoms with Gasteiger partial charge in [-0.25, -0.2) is 0 Å². The van der Waals surface area contributed by atoms with Crippen LogP contribution in [0.5, 0.6) is 0 Å². The maximum Gasteiger partial charge on any atom is 0.254 e. The van der Waals surface area contributed by atoms with Gasteiger partial charge in [-0.2, -0.15) is 0 Å². The van der Waals surface area contributed by atoms with Gasteiger partial charge in [-0.3, -0.25) is 4.79 Å². The highest BCUT2D eigenvalue weighted by Gasteiger charge is 2.14. The van der Waals surface area contributed by atoms with Crippen LogP contribution in [0.1, 0.15) is 0 Å². The number of carbonyl (C=O) groups is 1. The fourth-order valence-corrected chi connectivity index (χ4v) is 0.929. The van der Waals surface area contributed by atoms with Crippen LogP contribution in [-0.2, 0) is 4.79 Å². The average molecular weight is 176 g/mol. The van der Waals surface area contributed by atoms with Gasteiger partial charge < -0.3 is 10.6 Å². The van der Waals surface area contributed by atoms with Gasteiger partial charge in [0.15, 0.2) is 0 Å². The Morgan fingerprint density at radius 3 is 2.77 bits per heavy atom. The van der Waals surface area contributed by atoms with Gasteiger partial charge in [0.05, 0.1) is 5.82 Å². The Kier molecular flexibility index (Phi) is 3.09. The maximum atomic E-state index is 11.3. The molecule has 0 aliphatic carbocycles. The first-order valence-electron chi connectivity index (χ1n) is 3.96. The Balaban J connectivity index is 2.65. The average Bonchev–Trinajstić information content (AvgIpc) is 2.09. The third-order valence-electron chi connectivity index (χ3n) is 1.59. The van der Waals surface area contributed by atoms with Crippen molar-refractivity contribution in [1.82, 2.24) is 10.6 Å². The van der Waals surface area contributed by atoms with Crippen LogP contribution in [0.3, 0.4) is 0 Å². The van der Waals surface area contributed by atoms with E-state index in [9.17, 15) is 4.79 Å². The fraction of sp³-hybridized carbons (Fsp3) is 0.100. The lowest BCUT2D eigenvalue weighted by atomic mass is 10.2. The van der Waals surface area contributed by atoms with Crippen LogP contribution in [-0.4, -0.2) is 12.5 Å². The summed E-state index contributed by atoms with van der Waals surface area (Å²) in [7, 11) is 0. The lowest BCUT2D eigenvalue weighted by molar-refractivity contribution is -0.117. The number of hydrogen-bond donors (Lipinski definition) is 2. The first-order valence-corrected chi connectivity index (χ1v) is 3.96. The highest BCUT2D eigenvalue weighted by Crippen LogP contribution is 2.00. The van der Waals surface area contributed by atoms with Crippen molar-refractivity contribution in [3.05, 3.63) is 48.9 Å². The molecule has 1 rings (SSSR count). The molecular formula is C10H12N2O. The molecule has 0 unspecified atom stereocenters. The molecule has 0 aromatic heterocycles. The highest BCUT2D eigenvalue weighted by molar-refractivity contribution is 5.96. The minimum atomic E-state index is -0.0996. The van der Waals surface area contributed by atoms with Crippen molar-refractivity contribution in [2.45, 2.75) is 0 Å². The summed E-state index contributed by atoms with van der Waals surface area (Å²) >= 11 is 0. The Morgan fingerprint density at radius 2 is 2.15 bits per heavy atom. The van der Waals surface area contributed by atoms with E-state index in [1.165, 1.54) is 0 Å². The molecule has 1 amide bonds. The zero-order valence-electron chi connectivity index (χ0n) is 7.34. The molecule has 0 radical (unpaired) electrons. The van der Waals surface area contributed by atoms with Crippen molar-refractivity contribution in [2.24, 2.45) is 0 Å². The number of allylic oxidation sites excluding steroid dienone is 4. The Morgan fingerprint density at radius 1 is 1.38 bits per heavy atom. The summed E-state index contributed by atoms with van der Waals surface area (Å²) in [6, 6.07) is 0. The third-order valence-corrected chi connectivity index (χ3v) is 1.59. The van der Waals surface area contributed by atoms with Gasteiger partial charge in [-0.15, -0.1) is 0 Å². The number of nitrogens with one attached hydrogen (secondary N) is 2. The molecule has 0 saturated carbocycles. The van der Waals surface area contributed by atoms with E-state index in [-0.39, 0.29) is 5.91 Å². The van der Waals surface area contributed by atoms with Gasteiger partial charge in [0.2, 0.25) is 0 Å². The second kappa shape index (κ2) is 4.30. The van der Waals surface area contributed by atoms with Crippen molar-refractivity contribution in [3.63, 3.8) is 0 Å². The number of carbonyl (C=O) groups excluding carboxylic acids is 1. The minimum absolute atomic E-state index is 0.0996. The van der Waals surface area contributed by atoms with Crippen LogP contribution in [0.4, 0.5) is 0 Å². The predicted octanol–water partition coefficient (Wildman–Crippen LogP) is 0.846. The monoisotopic (exact) mass is 176 g/mol. The van der Waals surface area contributed by atoms with E-state index in [4.69, 9.17) is 0 Å². The molecule has 1 fully saturated rings. The molecule has 3 nitrogen and oxygen atoms in total. The van der Waals surface area contributed by atoms with Crippen LogP contribution in [0, 0.1) is 0 Å². The quantitative estimate of drug-likeness (QED) is 0.483. The third kappa shape index (κ3) is 2.63. The Labute approximate surface area is 77.5 Å². The Bertz CT molecular complexity index is 300. The normalized spacial score (nSPS) is 20.2. The molecule has 0 spiro atoms. The summed E-state index contributed by atoms with van der Waals surface area (Å²) in [6.45, 7) is 7.64. The van der Waals surface area contributed by atoms with Crippen LogP contribution in [0.25, 0.3) is 0 Å². The van der Waals surface area contributed by atoms with Crippen LogP contribution < -0.4 is 10.6 Å². The lowest BCUT2D eigenvalue weighted by Gasteiger charge is -2.18. The van der Waals surface area contributed by atoms with E-state index in [0.717, 1.165) is 0 Å². The van der Waals surface area contributed by atoms with Crippen molar-refractivity contribution in [1.29, 1.82) is 0 Å². The van der Waals surface area contributed by atoms with E-state index >= 15 is 0 Å². The summed E-state index contributed by atoms with van der Waals surface area (Å²) in [4.78, 5) is 11.3. The number of rotatable bonds is 2. The molecule has 68 valence electrons. The topological polar surface area (TPSA) is 41.1 Å². The van der Waals surface area contributed by atoms with E-state index in [0.29, 0.717) is 17.9 Å². The van der Waals surface area contributed by atoms with Crippen molar-refractivity contribution >= 4 is 5.91 Å². The molecule has 1 heterocycles. The Hall–Kier alpha value is -1.77. The van der Waals surface area contributed by atoms with Crippen LogP contribution in [0.15, 0.2) is 48.9 Å². The van der Waals surface area contributed by atoms with Crippen molar-refractivity contribution in [2.75, 3.05) is 6.54 Å². The first-order chi connectivity index (χ1) is 6.24. The molecule has 0 atom stereocenters. The second-order valence-corrected chi connectivity index (χ2v) is 2.60. The minimum Gasteiger partial charge on any atom is -0.368 e. The summed E-state index contributed by atoms with van der Waals surface area (Å²) in [5, 5.41) is 5.52. The van der Waals surface area contributed by atoms with Crippen molar-refractivity contribution < 1.29 is 4.79 Å². The molecule has 0 bridgehead atoms. The predicted molar refractivity (Wildman–Crippen MR) is 52.7 cm³/mol. The molecule has 0 aromatic rings. The first kappa shape index (κ1) is 9.32. The van der Waals surface area contributed by atoms with E-state index < -0.39 is 0 Å². The van der Waals surface area contributed by atoms with Crippen LogP contribution >= 0.6 is 0 Å². The van der Waals surface area contributed by atoms with Gasteiger partial charge >= 0.3 is 0 Å². The zero-order valence-corrected chi connectivity index (χ0v) is 7.34. The SMILES string of the molecule is C=C/C=C\C=C1/CNC(=C)NC1=O. The van der Waals surface area contributed by atoms with E-state index in [2.05, 4.69) is 23.8 Å². The summed E-state index contributed by atoms with van der Waals surface area (Å²) in [6.07, 6.45) is 6.95. The second-order valence-electron chi connectivity index (χ2n) is 2.60. The smallest absolute Gasteiger partial charge is 0.254 e. The molecule has 1 saturated heterocycles. The lowest BCUT2D eigenvalue weighted by Crippen LogP contribution is -2.40. The van der Waals surface area contributed by atoms with Gasteiger partial charge in [-0.1, -0.05) is 37.5 Å².